The molecule has 0 aliphatic carbocycles. The van der Waals surface area contributed by atoms with Gasteiger partial charge in [0.2, 0.25) is 22.7 Å². The van der Waals surface area contributed by atoms with Gasteiger partial charge in [-0.05, 0) is 35.9 Å². The van der Waals surface area contributed by atoms with Crippen LogP contribution in [0.5, 0.6) is 11.5 Å². The van der Waals surface area contributed by atoms with Gasteiger partial charge in [0.25, 0.3) is 0 Å². The number of carbonyl (C=O) groups is 1. The van der Waals surface area contributed by atoms with Gasteiger partial charge in [0, 0.05) is 38.8 Å². The minimum Gasteiger partial charge on any atom is -0.454 e. The summed E-state index contributed by atoms with van der Waals surface area (Å²) in [7, 11) is -3.52. The first-order valence-corrected chi connectivity index (χ1v) is 11.9. The van der Waals surface area contributed by atoms with E-state index in [2.05, 4.69) is 5.32 Å². The molecule has 1 fully saturated rings. The van der Waals surface area contributed by atoms with Gasteiger partial charge in [0.05, 0.1) is 11.4 Å². The molecule has 0 radical (unpaired) electrons. The molecule has 1 saturated heterocycles. The van der Waals surface area contributed by atoms with Crippen LogP contribution < -0.4 is 19.7 Å². The van der Waals surface area contributed by atoms with Gasteiger partial charge in [0.15, 0.2) is 11.5 Å². The number of sulfonamides is 1. The third-order valence-corrected chi connectivity index (χ3v) is 7.18. The number of hydrogen-bond donors (Lipinski definition) is 1. The highest BCUT2D eigenvalue weighted by atomic mass is 32.2. The quantitative estimate of drug-likeness (QED) is 0.633. The number of anilines is 1. The minimum absolute atomic E-state index is 0.000172. The number of carbonyl (C=O) groups excluding carboxylic acids is 1. The van der Waals surface area contributed by atoms with Gasteiger partial charge in [-0.25, -0.2) is 12.8 Å². The van der Waals surface area contributed by atoms with Crippen LogP contribution in [0.1, 0.15) is 5.56 Å². The lowest BCUT2D eigenvalue weighted by molar-refractivity contribution is -0.116. The summed E-state index contributed by atoms with van der Waals surface area (Å²) in [5, 5.41) is 2.60. The van der Waals surface area contributed by atoms with E-state index in [0.717, 1.165) is 5.56 Å². The molecule has 170 valence electrons. The molecule has 0 spiro atoms. The van der Waals surface area contributed by atoms with Crippen LogP contribution in [-0.4, -0.2) is 63.9 Å². The average Bonchev–Trinajstić information content (AvgIpc) is 3.26. The predicted octanol–water partition coefficient (Wildman–Crippen LogP) is 1.84. The fourth-order valence-corrected chi connectivity index (χ4v) is 4.93. The zero-order valence-electron chi connectivity index (χ0n) is 17.4. The first-order chi connectivity index (χ1) is 15.4. The highest BCUT2D eigenvalue weighted by Crippen LogP contribution is 2.32. The normalized spacial score (nSPS) is 16.5. The Balaban J connectivity index is 1.23. The predicted molar refractivity (Wildman–Crippen MR) is 119 cm³/mol. The molecule has 4 rings (SSSR count). The summed E-state index contributed by atoms with van der Waals surface area (Å²) in [5.74, 6) is 0.374. The van der Waals surface area contributed by atoms with Crippen LogP contribution in [0.3, 0.4) is 0 Å². The van der Waals surface area contributed by atoms with Crippen LogP contribution in [-0.2, 0) is 14.8 Å². The van der Waals surface area contributed by atoms with Crippen LogP contribution in [0.25, 0.3) is 6.08 Å². The van der Waals surface area contributed by atoms with Crippen molar-refractivity contribution in [1.29, 1.82) is 0 Å². The average molecular weight is 462 g/mol. The number of piperazine rings is 1. The zero-order chi connectivity index (χ0) is 22.6. The zero-order valence-corrected chi connectivity index (χ0v) is 18.2. The SMILES string of the molecule is O=C(/C=C/c1ccc2c(c1)OCO2)NCCS(=O)(=O)N1CCN(c2ccccc2F)CC1. The third-order valence-electron chi connectivity index (χ3n) is 5.31. The smallest absolute Gasteiger partial charge is 0.244 e. The Hall–Kier alpha value is -3.11. The molecule has 2 heterocycles. The van der Waals surface area contributed by atoms with E-state index in [1.54, 1.807) is 42.5 Å². The van der Waals surface area contributed by atoms with Crippen LogP contribution in [0, 0.1) is 5.82 Å². The summed E-state index contributed by atoms with van der Waals surface area (Å²) >= 11 is 0. The number of nitrogens with one attached hydrogen (secondary N) is 1. The number of ether oxygens (including phenoxy) is 2. The topological polar surface area (TPSA) is 88.2 Å². The summed E-state index contributed by atoms with van der Waals surface area (Å²) in [6.07, 6.45) is 2.96. The summed E-state index contributed by atoms with van der Waals surface area (Å²) in [6, 6.07) is 11.8. The Morgan fingerprint density at radius 1 is 1.06 bits per heavy atom. The van der Waals surface area contributed by atoms with Crippen LogP contribution in [0.4, 0.5) is 10.1 Å². The molecule has 2 aliphatic heterocycles. The van der Waals surface area contributed by atoms with E-state index in [1.807, 2.05) is 4.90 Å². The van der Waals surface area contributed by atoms with E-state index < -0.39 is 10.0 Å². The van der Waals surface area contributed by atoms with Gasteiger partial charge < -0.3 is 19.7 Å². The molecule has 10 heteroatoms. The van der Waals surface area contributed by atoms with Gasteiger partial charge >= 0.3 is 0 Å². The van der Waals surface area contributed by atoms with E-state index >= 15 is 0 Å². The van der Waals surface area contributed by atoms with Crippen molar-refractivity contribution in [2.45, 2.75) is 0 Å². The van der Waals surface area contributed by atoms with E-state index in [9.17, 15) is 17.6 Å². The number of para-hydroxylation sites is 1. The number of nitrogens with zero attached hydrogens (tertiary/aromatic N) is 2. The number of hydrogen-bond acceptors (Lipinski definition) is 6. The number of benzene rings is 2. The molecule has 2 aromatic rings. The maximum absolute atomic E-state index is 13.9. The molecule has 0 aromatic heterocycles. The van der Waals surface area contributed by atoms with Crippen molar-refractivity contribution >= 4 is 27.7 Å². The maximum Gasteiger partial charge on any atom is 0.244 e. The fraction of sp³-hybridized carbons (Fsp3) is 0.318. The molecule has 8 nitrogen and oxygen atoms in total. The molecule has 32 heavy (non-hydrogen) atoms. The molecule has 1 N–H and O–H groups in total. The summed E-state index contributed by atoms with van der Waals surface area (Å²) in [6.45, 7) is 1.54. The van der Waals surface area contributed by atoms with Crippen molar-refractivity contribution in [2.24, 2.45) is 0 Å². The van der Waals surface area contributed by atoms with Crippen molar-refractivity contribution in [3.05, 3.63) is 59.9 Å². The van der Waals surface area contributed by atoms with Crippen molar-refractivity contribution in [3.8, 4) is 11.5 Å². The van der Waals surface area contributed by atoms with Gasteiger partial charge in [-0.1, -0.05) is 18.2 Å². The van der Waals surface area contributed by atoms with Crippen molar-refractivity contribution in [3.63, 3.8) is 0 Å². The third kappa shape index (κ3) is 5.20. The first-order valence-electron chi connectivity index (χ1n) is 10.3. The van der Waals surface area contributed by atoms with Gasteiger partial charge in [-0.15, -0.1) is 0 Å². The van der Waals surface area contributed by atoms with Crippen molar-refractivity contribution in [1.82, 2.24) is 9.62 Å². The lowest BCUT2D eigenvalue weighted by Gasteiger charge is -2.35. The molecule has 2 aromatic carbocycles. The first kappa shape index (κ1) is 22.1. The van der Waals surface area contributed by atoms with Gasteiger partial charge in [-0.3, -0.25) is 4.79 Å². The van der Waals surface area contributed by atoms with E-state index in [-0.39, 0.29) is 43.9 Å². The summed E-state index contributed by atoms with van der Waals surface area (Å²) in [4.78, 5) is 13.9. The lowest BCUT2D eigenvalue weighted by Crippen LogP contribution is -2.50. The summed E-state index contributed by atoms with van der Waals surface area (Å²) < 4.78 is 51.1. The van der Waals surface area contributed by atoms with Crippen LogP contribution in [0.2, 0.25) is 0 Å². The Kier molecular flexibility index (Phi) is 6.61. The second-order valence-corrected chi connectivity index (χ2v) is 9.48. The molecule has 1 amide bonds. The molecule has 0 bridgehead atoms. The van der Waals surface area contributed by atoms with Crippen LogP contribution in [0.15, 0.2) is 48.5 Å². The highest BCUT2D eigenvalue weighted by Gasteiger charge is 2.27. The monoisotopic (exact) mass is 461 g/mol. The van der Waals surface area contributed by atoms with E-state index in [4.69, 9.17) is 9.47 Å². The number of halogens is 1. The minimum atomic E-state index is -3.52. The molecule has 0 saturated carbocycles. The van der Waals surface area contributed by atoms with Crippen molar-refractivity contribution in [2.75, 3.05) is 50.2 Å². The molecular weight excluding hydrogens is 437 g/mol. The molecule has 0 atom stereocenters. The van der Waals surface area contributed by atoms with Crippen molar-refractivity contribution < 1.29 is 27.1 Å². The maximum atomic E-state index is 13.9. The Bertz CT molecular complexity index is 1110. The van der Waals surface area contributed by atoms with Gasteiger partial charge in [-0.2, -0.15) is 4.31 Å². The van der Waals surface area contributed by atoms with E-state index in [1.165, 1.54) is 16.4 Å². The Morgan fingerprint density at radius 3 is 2.59 bits per heavy atom. The molecule has 0 unspecified atom stereocenters. The molecule has 2 aliphatic rings. The largest absolute Gasteiger partial charge is 0.454 e. The number of rotatable bonds is 7. The fourth-order valence-electron chi connectivity index (χ4n) is 3.60. The van der Waals surface area contributed by atoms with Gasteiger partial charge in [0.1, 0.15) is 5.82 Å². The second kappa shape index (κ2) is 9.58. The van der Waals surface area contributed by atoms with Crippen LogP contribution >= 0.6 is 0 Å². The number of fused-ring (bicyclic) bond motifs is 1. The lowest BCUT2D eigenvalue weighted by atomic mass is 10.2. The Labute approximate surface area is 186 Å². The highest BCUT2D eigenvalue weighted by molar-refractivity contribution is 7.89. The number of amides is 1. The second-order valence-electron chi connectivity index (χ2n) is 7.39. The van der Waals surface area contributed by atoms with E-state index in [0.29, 0.717) is 30.3 Å². The Morgan fingerprint density at radius 2 is 1.81 bits per heavy atom. The summed E-state index contributed by atoms with van der Waals surface area (Å²) in [5.41, 5.74) is 1.25. The molecular formula is C22H24FN3O5S. The standard InChI is InChI=1S/C22H24FN3O5S/c23-18-3-1-2-4-19(18)25-10-12-26(13-11-25)32(28,29)14-9-24-22(27)8-6-17-5-7-20-21(15-17)31-16-30-20/h1-8,15H,9-14,16H2,(H,24,27)/b8-6+.